The molecule has 1 aliphatic rings. The molecular weight excluding hydrogens is 265 g/mol. The lowest BCUT2D eigenvalue weighted by Gasteiger charge is -2.26. The lowest BCUT2D eigenvalue weighted by molar-refractivity contribution is -0.133. The summed E-state index contributed by atoms with van der Waals surface area (Å²) in [5.41, 5.74) is 10.9. The number of rotatable bonds is 6. The van der Waals surface area contributed by atoms with Gasteiger partial charge in [-0.3, -0.25) is 10.2 Å². The average Bonchev–Trinajstić information content (AvgIpc) is 2.75. The second-order valence-corrected chi connectivity index (χ2v) is 4.95. The largest absolute Gasteiger partial charge is 0.475 e. The first-order valence-corrected chi connectivity index (χ1v) is 6.51. The molecule has 20 heavy (non-hydrogen) atoms. The fourth-order valence-corrected chi connectivity index (χ4v) is 2.26. The SMILES string of the molecule is N=C(N)NCCCC(N)C(=O)N1C[C@@H](O)CC1B(O)O. The maximum absolute atomic E-state index is 12.1. The lowest BCUT2D eigenvalue weighted by Crippen LogP contribution is -2.51. The van der Waals surface area contributed by atoms with Crippen molar-refractivity contribution in [2.75, 3.05) is 13.1 Å². The Morgan fingerprint density at radius 2 is 2.20 bits per heavy atom. The Balaban J connectivity index is 2.45. The number of carbonyl (C=O) groups is 1. The van der Waals surface area contributed by atoms with Crippen LogP contribution in [0.3, 0.4) is 0 Å². The Kier molecular flexibility index (Phi) is 6.21. The zero-order chi connectivity index (χ0) is 15.3. The molecule has 1 saturated heterocycles. The topological polar surface area (TPSA) is 169 Å². The lowest BCUT2D eigenvalue weighted by atomic mass is 9.77. The molecule has 114 valence electrons. The van der Waals surface area contributed by atoms with Gasteiger partial charge in [-0.2, -0.15) is 0 Å². The highest BCUT2D eigenvalue weighted by atomic mass is 16.4. The van der Waals surface area contributed by atoms with Crippen LogP contribution in [0.15, 0.2) is 0 Å². The molecule has 1 aliphatic heterocycles. The van der Waals surface area contributed by atoms with Crippen LogP contribution < -0.4 is 16.8 Å². The number of likely N-dealkylation sites (tertiary alicyclic amines) is 1. The fraction of sp³-hybridized carbons (Fsp3) is 0.800. The maximum atomic E-state index is 12.1. The molecule has 10 heteroatoms. The van der Waals surface area contributed by atoms with Crippen LogP contribution in [-0.2, 0) is 4.79 Å². The maximum Gasteiger partial charge on any atom is 0.475 e. The summed E-state index contributed by atoms with van der Waals surface area (Å²) in [5, 5.41) is 37.5. The van der Waals surface area contributed by atoms with Gasteiger partial charge in [0.1, 0.15) is 0 Å². The predicted octanol–water partition coefficient (Wildman–Crippen LogP) is -3.45. The van der Waals surface area contributed by atoms with E-state index in [1.807, 2.05) is 0 Å². The van der Waals surface area contributed by atoms with Crippen LogP contribution in [0, 0.1) is 5.41 Å². The first-order valence-electron chi connectivity index (χ1n) is 6.51. The summed E-state index contributed by atoms with van der Waals surface area (Å²) in [5.74, 6) is -1.38. The number of hydrogen-bond donors (Lipinski definition) is 7. The van der Waals surface area contributed by atoms with Gasteiger partial charge in [0, 0.05) is 13.1 Å². The molecule has 0 bridgehead atoms. The van der Waals surface area contributed by atoms with Gasteiger partial charge in [0.2, 0.25) is 5.91 Å². The van der Waals surface area contributed by atoms with E-state index in [4.69, 9.17) is 16.9 Å². The standard InChI is InChI=1S/C10H22BN5O4/c12-7(2-1-3-15-10(13)14)9(18)16-5-6(17)4-8(16)11(19)20/h6-8,17,19-20H,1-5,12H2,(H4,13,14,15)/t6-,7?,8?/m0/s1. The van der Waals surface area contributed by atoms with E-state index in [0.717, 1.165) is 0 Å². The molecule has 9 N–H and O–H groups in total. The number of guanidine groups is 1. The van der Waals surface area contributed by atoms with Gasteiger partial charge in [-0.15, -0.1) is 0 Å². The minimum atomic E-state index is -1.69. The molecule has 0 spiro atoms. The fourth-order valence-electron chi connectivity index (χ4n) is 2.26. The van der Waals surface area contributed by atoms with Gasteiger partial charge in [0.05, 0.1) is 18.1 Å². The highest BCUT2D eigenvalue weighted by molar-refractivity contribution is 6.43. The van der Waals surface area contributed by atoms with Gasteiger partial charge >= 0.3 is 7.12 Å². The predicted molar refractivity (Wildman–Crippen MR) is 73.4 cm³/mol. The molecule has 1 amide bonds. The molecule has 1 fully saturated rings. The van der Waals surface area contributed by atoms with Crippen molar-refractivity contribution in [3.05, 3.63) is 0 Å². The summed E-state index contributed by atoms with van der Waals surface area (Å²) < 4.78 is 0. The Bertz CT molecular complexity index is 357. The number of amides is 1. The molecule has 0 saturated carbocycles. The van der Waals surface area contributed by atoms with Crippen LogP contribution >= 0.6 is 0 Å². The van der Waals surface area contributed by atoms with E-state index in [-0.39, 0.29) is 18.9 Å². The van der Waals surface area contributed by atoms with Crippen molar-refractivity contribution in [3.8, 4) is 0 Å². The molecule has 0 aromatic carbocycles. The number of nitrogens with one attached hydrogen (secondary N) is 2. The highest BCUT2D eigenvalue weighted by Crippen LogP contribution is 2.20. The van der Waals surface area contributed by atoms with Gasteiger partial charge in [0.15, 0.2) is 5.96 Å². The Morgan fingerprint density at radius 1 is 1.55 bits per heavy atom. The number of nitrogens with zero attached hydrogens (tertiary/aromatic N) is 1. The molecule has 0 aliphatic carbocycles. The molecular formula is C10H22BN5O4. The van der Waals surface area contributed by atoms with Crippen LogP contribution in [0.2, 0.25) is 0 Å². The highest BCUT2D eigenvalue weighted by Gasteiger charge is 2.42. The van der Waals surface area contributed by atoms with Gasteiger partial charge in [-0.25, -0.2) is 0 Å². The van der Waals surface area contributed by atoms with Crippen molar-refractivity contribution in [1.82, 2.24) is 10.2 Å². The molecule has 0 aromatic rings. The minimum absolute atomic E-state index is 0.0561. The third kappa shape index (κ3) is 4.64. The third-order valence-electron chi connectivity index (χ3n) is 3.27. The van der Waals surface area contributed by atoms with Crippen molar-refractivity contribution in [1.29, 1.82) is 5.41 Å². The molecule has 0 aromatic heterocycles. The molecule has 3 atom stereocenters. The molecule has 2 unspecified atom stereocenters. The summed E-state index contributed by atoms with van der Waals surface area (Å²) >= 11 is 0. The van der Waals surface area contributed by atoms with E-state index in [1.165, 1.54) is 4.90 Å². The average molecular weight is 287 g/mol. The van der Waals surface area contributed by atoms with E-state index in [1.54, 1.807) is 0 Å². The smallest absolute Gasteiger partial charge is 0.426 e. The van der Waals surface area contributed by atoms with Gasteiger partial charge in [0.25, 0.3) is 0 Å². The van der Waals surface area contributed by atoms with Crippen LogP contribution in [0.4, 0.5) is 0 Å². The Hall–Kier alpha value is -1.36. The van der Waals surface area contributed by atoms with Gasteiger partial charge in [-0.1, -0.05) is 0 Å². The van der Waals surface area contributed by atoms with E-state index in [2.05, 4.69) is 5.32 Å². The monoisotopic (exact) mass is 287 g/mol. The normalized spacial score (nSPS) is 23.5. The summed E-state index contributed by atoms with van der Waals surface area (Å²) in [4.78, 5) is 13.3. The summed E-state index contributed by atoms with van der Waals surface area (Å²) in [6.45, 7) is 0.492. The van der Waals surface area contributed by atoms with Crippen LogP contribution in [0.5, 0.6) is 0 Å². The number of β-amino-alcohol motifs (C(OH)–C–C–N with tert-alkyl or cyclic N) is 1. The summed E-state index contributed by atoms with van der Waals surface area (Å²) in [7, 11) is -1.69. The number of nitrogens with two attached hydrogens (primary N) is 2. The van der Waals surface area contributed by atoms with E-state index in [0.29, 0.717) is 19.4 Å². The second kappa shape index (κ2) is 7.43. The molecule has 9 nitrogen and oxygen atoms in total. The minimum Gasteiger partial charge on any atom is -0.426 e. The van der Waals surface area contributed by atoms with E-state index in [9.17, 15) is 19.9 Å². The number of aliphatic hydroxyl groups is 1. The van der Waals surface area contributed by atoms with Crippen molar-refractivity contribution in [2.24, 2.45) is 11.5 Å². The third-order valence-corrected chi connectivity index (χ3v) is 3.27. The number of aliphatic hydroxyl groups excluding tert-OH is 1. The van der Waals surface area contributed by atoms with Crippen LogP contribution in [-0.4, -0.2) is 70.2 Å². The Morgan fingerprint density at radius 3 is 2.75 bits per heavy atom. The quantitative estimate of drug-likeness (QED) is 0.115. The van der Waals surface area contributed by atoms with Crippen molar-refractivity contribution >= 4 is 19.0 Å². The Labute approximate surface area is 117 Å². The number of hydrogen-bond acceptors (Lipinski definition) is 6. The summed E-state index contributed by atoms with van der Waals surface area (Å²) in [6, 6.07) is -0.782. The van der Waals surface area contributed by atoms with Crippen LogP contribution in [0.1, 0.15) is 19.3 Å². The zero-order valence-corrected chi connectivity index (χ0v) is 11.2. The van der Waals surface area contributed by atoms with Crippen molar-refractivity contribution < 1.29 is 19.9 Å². The first-order chi connectivity index (χ1) is 9.32. The zero-order valence-electron chi connectivity index (χ0n) is 11.2. The van der Waals surface area contributed by atoms with Crippen LogP contribution in [0.25, 0.3) is 0 Å². The number of carbonyl (C=O) groups excluding carboxylic acids is 1. The van der Waals surface area contributed by atoms with Gasteiger partial charge < -0.3 is 36.8 Å². The van der Waals surface area contributed by atoms with Gasteiger partial charge in [-0.05, 0) is 19.3 Å². The second-order valence-electron chi connectivity index (χ2n) is 4.95. The van der Waals surface area contributed by atoms with Crippen molar-refractivity contribution in [2.45, 2.75) is 37.3 Å². The van der Waals surface area contributed by atoms with E-state index >= 15 is 0 Å². The molecule has 0 radical (unpaired) electrons. The molecule has 1 rings (SSSR count). The van der Waals surface area contributed by atoms with E-state index < -0.39 is 31.1 Å². The first kappa shape index (κ1) is 16.7. The summed E-state index contributed by atoms with van der Waals surface area (Å²) in [6.07, 6.45) is 0.286. The van der Waals surface area contributed by atoms with Crippen molar-refractivity contribution in [3.63, 3.8) is 0 Å². The molecule has 1 heterocycles.